The van der Waals surface area contributed by atoms with Gasteiger partial charge in [-0.05, 0) is 42.7 Å². The summed E-state index contributed by atoms with van der Waals surface area (Å²) in [5.41, 5.74) is 0. The van der Waals surface area contributed by atoms with Gasteiger partial charge in [0.25, 0.3) is 0 Å². The summed E-state index contributed by atoms with van der Waals surface area (Å²) in [6.45, 7) is 6.39. The van der Waals surface area contributed by atoms with Crippen molar-refractivity contribution in [1.29, 1.82) is 0 Å². The highest BCUT2D eigenvalue weighted by Crippen LogP contribution is 2.09. The molecule has 0 bridgehead atoms. The molecule has 2 rings (SSSR count). The Labute approximate surface area is 108 Å². The van der Waals surface area contributed by atoms with E-state index >= 15 is 0 Å². The molecule has 0 radical (unpaired) electrons. The zero-order chi connectivity index (χ0) is 11.2. The number of hydrogen-bond acceptors (Lipinski definition) is 5. The van der Waals surface area contributed by atoms with Gasteiger partial charge in [0, 0.05) is 6.54 Å². The number of tetrazole rings is 1. The molecule has 2 heterocycles. The van der Waals surface area contributed by atoms with E-state index in [4.69, 9.17) is 4.74 Å². The van der Waals surface area contributed by atoms with Crippen molar-refractivity contribution in [3.05, 3.63) is 5.82 Å². The molecule has 1 fully saturated rings. The van der Waals surface area contributed by atoms with Crippen LogP contribution in [0.5, 0.6) is 0 Å². The lowest BCUT2D eigenvalue weighted by molar-refractivity contribution is 0.0819. The molecule has 0 unspecified atom stereocenters. The molecule has 0 spiro atoms. The molecule has 7 heteroatoms. The largest absolute Gasteiger partial charge is 0.379 e. The molecule has 1 aliphatic heterocycles. The van der Waals surface area contributed by atoms with Crippen LogP contribution in [0, 0.1) is 12.8 Å². The molecule has 17 heavy (non-hydrogen) atoms. The van der Waals surface area contributed by atoms with Crippen LogP contribution in [0.2, 0.25) is 0 Å². The van der Waals surface area contributed by atoms with E-state index in [-0.39, 0.29) is 12.4 Å². The Morgan fingerprint density at radius 3 is 3.06 bits per heavy atom. The second-order valence-electron chi connectivity index (χ2n) is 4.24. The summed E-state index contributed by atoms with van der Waals surface area (Å²) in [5.74, 6) is 1.51. The van der Waals surface area contributed by atoms with E-state index in [1.165, 1.54) is 12.8 Å². The van der Waals surface area contributed by atoms with E-state index in [1.54, 1.807) is 4.68 Å². The Morgan fingerprint density at radius 1 is 1.53 bits per heavy atom. The molecular weight excluding hydrogens is 242 g/mol. The van der Waals surface area contributed by atoms with Crippen LogP contribution >= 0.6 is 12.4 Å². The normalized spacial score (nSPS) is 19.9. The molecule has 0 saturated carbocycles. The summed E-state index contributed by atoms with van der Waals surface area (Å²) < 4.78 is 7.41. The first kappa shape index (κ1) is 14.3. The molecule has 1 saturated heterocycles. The third kappa shape index (κ3) is 4.57. The van der Waals surface area contributed by atoms with Crippen molar-refractivity contribution < 1.29 is 4.74 Å². The first-order valence-electron chi connectivity index (χ1n) is 5.87. The van der Waals surface area contributed by atoms with Gasteiger partial charge >= 0.3 is 0 Å². The SMILES string of the molecule is Cc1nnnn1CCOC[C@H]1CCCNC1.Cl. The quantitative estimate of drug-likeness (QED) is 0.779. The molecule has 0 amide bonds. The van der Waals surface area contributed by atoms with Crippen LogP contribution < -0.4 is 5.32 Å². The van der Waals surface area contributed by atoms with Crippen LogP contribution in [0.3, 0.4) is 0 Å². The summed E-state index contributed by atoms with van der Waals surface area (Å²) in [4.78, 5) is 0. The Balaban J connectivity index is 0.00000144. The van der Waals surface area contributed by atoms with E-state index in [2.05, 4.69) is 20.8 Å². The van der Waals surface area contributed by atoms with E-state index in [0.29, 0.717) is 12.5 Å². The monoisotopic (exact) mass is 261 g/mol. The van der Waals surface area contributed by atoms with Crippen LogP contribution in [0.1, 0.15) is 18.7 Å². The lowest BCUT2D eigenvalue weighted by Gasteiger charge is -2.22. The van der Waals surface area contributed by atoms with Gasteiger partial charge in [-0.3, -0.25) is 0 Å². The molecule has 1 N–H and O–H groups in total. The highest BCUT2D eigenvalue weighted by Gasteiger charge is 2.12. The standard InChI is InChI=1S/C10H19N5O.ClH/c1-9-12-13-14-15(9)5-6-16-8-10-3-2-4-11-7-10;/h10-11H,2-8H2,1H3;1H/t10-;/m0./s1. The number of nitrogens with zero attached hydrogens (tertiary/aromatic N) is 4. The maximum Gasteiger partial charge on any atom is 0.148 e. The van der Waals surface area contributed by atoms with E-state index in [0.717, 1.165) is 32.1 Å². The fourth-order valence-electron chi connectivity index (χ4n) is 1.92. The Hall–Kier alpha value is -0.720. The van der Waals surface area contributed by atoms with Crippen molar-refractivity contribution in [2.24, 2.45) is 5.92 Å². The van der Waals surface area contributed by atoms with Gasteiger partial charge in [-0.1, -0.05) is 0 Å². The average Bonchev–Trinajstić information content (AvgIpc) is 2.72. The first-order valence-corrected chi connectivity index (χ1v) is 5.87. The zero-order valence-electron chi connectivity index (χ0n) is 10.1. The molecule has 98 valence electrons. The maximum absolute atomic E-state index is 5.65. The minimum absolute atomic E-state index is 0. The highest BCUT2D eigenvalue weighted by atomic mass is 35.5. The van der Waals surface area contributed by atoms with Crippen molar-refractivity contribution in [1.82, 2.24) is 25.5 Å². The topological polar surface area (TPSA) is 64.9 Å². The van der Waals surface area contributed by atoms with Crippen LogP contribution in [0.4, 0.5) is 0 Å². The third-order valence-corrected chi connectivity index (χ3v) is 2.91. The summed E-state index contributed by atoms with van der Waals surface area (Å²) in [6, 6.07) is 0. The third-order valence-electron chi connectivity index (χ3n) is 2.91. The van der Waals surface area contributed by atoms with E-state index in [9.17, 15) is 0 Å². The molecule has 0 aliphatic carbocycles. The summed E-state index contributed by atoms with van der Waals surface area (Å²) in [6.07, 6.45) is 2.54. The summed E-state index contributed by atoms with van der Waals surface area (Å²) in [5, 5.41) is 14.7. The van der Waals surface area contributed by atoms with Gasteiger partial charge in [0.2, 0.25) is 0 Å². The van der Waals surface area contributed by atoms with E-state index in [1.807, 2.05) is 6.92 Å². The van der Waals surface area contributed by atoms with Crippen LogP contribution in [-0.4, -0.2) is 46.5 Å². The number of aromatic nitrogens is 4. The number of piperidine rings is 1. The number of aryl methyl sites for hydroxylation is 1. The number of halogens is 1. The fraction of sp³-hybridized carbons (Fsp3) is 0.900. The highest BCUT2D eigenvalue weighted by molar-refractivity contribution is 5.85. The smallest absolute Gasteiger partial charge is 0.148 e. The van der Waals surface area contributed by atoms with E-state index < -0.39 is 0 Å². The fourth-order valence-corrected chi connectivity index (χ4v) is 1.92. The van der Waals surface area contributed by atoms with Gasteiger partial charge in [0.05, 0.1) is 19.8 Å². The van der Waals surface area contributed by atoms with Crippen LogP contribution in [0.15, 0.2) is 0 Å². The van der Waals surface area contributed by atoms with Crippen LogP contribution in [0.25, 0.3) is 0 Å². The van der Waals surface area contributed by atoms with Gasteiger partial charge in [-0.2, -0.15) is 0 Å². The molecular formula is C10H20ClN5O. The summed E-state index contributed by atoms with van der Waals surface area (Å²) >= 11 is 0. The molecule has 1 aliphatic rings. The number of rotatable bonds is 5. The number of hydrogen-bond donors (Lipinski definition) is 1. The number of nitrogens with one attached hydrogen (secondary N) is 1. The minimum Gasteiger partial charge on any atom is -0.379 e. The Morgan fingerprint density at radius 2 is 2.41 bits per heavy atom. The second kappa shape index (κ2) is 7.58. The number of ether oxygens (including phenoxy) is 1. The first-order chi connectivity index (χ1) is 7.86. The molecule has 1 atom stereocenters. The lowest BCUT2D eigenvalue weighted by Crippen LogP contribution is -2.32. The van der Waals surface area contributed by atoms with Crippen molar-refractivity contribution in [3.63, 3.8) is 0 Å². The predicted molar refractivity (Wildman–Crippen MR) is 66.2 cm³/mol. The zero-order valence-corrected chi connectivity index (χ0v) is 10.9. The average molecular weight is 262 g/mol. The molecule has 1 aromatic rings. The van der Waals surface area contributed by atoms with Gasteiger partial charge in [-0.25, -0.2) is 4.68 Å². The lowest BCUT2D eigenvalue weighted by atomic mass is 10.0. The molecule has 0 aromatic carbocycles. The van der Waals surface area contributed by atoms with Gasteiger partial charge in [-0.15, -0.1) is 17.5 Å². The van der Waals surface area contributed by atoms with Gasteiger partial charge in [0.1, 0.15) is 5.82 Å². The second-order valence-corrected chi connectivity index (χ2v) is 4.24. The molecule has 6 nitrogen and oxygen atoms in total. The van der Waals surface area contributed by atoms with Gasteiger partial charge in [0.15, 0.2) is 0 Å². The minimum atomic E-state index is 0. The Kier molecular flexibility index (Phi) is 6.39. The van der Waals surface area contributed by atoms with Crippen LogP contribution in [-0.2, 0) is 11.3 Å². The van der Waals surface area contributed by atoms with Crippen molar-refractivity contribution in [2.75, 3.05) is 26.3 Å². The van der Waals surface area contributed by atoms with Crippen molar-refractivity contribution >= 4 is 12.4 Å². The molecule has 1 aromatic heterocycles. The Bertz CT molecular complexity index is 313. The van der Waals surface area contributed by atoms with Gasteiger partial charge < -0.3 is 10.1 Å². The maximum atomic E-state index is 5.65. The van der Waals surface area contributed by atoms with Crippen molar-refractivity contribution in [3.8, 4) is 0 Å². The predicted octanol–water partition coefficient (Wildman–Crippen LogP) is 0.420. The van der Waals surface area contributed by atoms with Crippen molar-refractivity contribution in [2.45, 2.75) is 26.3 Å². The summed E-state index contributed by atoms with van der Waals surface area (Å²) in [7, 11) is 0.